The van der Waals surface area contributed by atoms with Crippen molar-refractivity contribution >= 4 is 53.9 Å². The van der Waals surface area contributed by atoms with Crippen LogP contribution in [0.3, 0.4) is 0 Å². The highest BCUT2D eigenvalue weighted by molar-refractivity contribution is 6.07. The smallest absolute Gasteiger partial charge is 0.00135 e. The van der Waals surface area contributed by atoms with Crippen LogP contribution in [0.2, 0.25) is 0 Å². The first-order valence-corrected chi connectivity index (χ1v) is 26.8. The fraction of sp³-hybridized carbons (Fsp3) is 0.0933. The predicted octanol–water partition coefficient (Wildman–Crippen LogP) is 20.1. The molecule has 0 fully saturated rings. The van der Waals surface area contributed by atoms with Crippen molar-refractivity contribution in [2.75, 3.05) is 0 Å². The van der Waals surface area contributed by atoms with E-state index in [1.807, 2.05) is 0 Å². The van der Waals surface area contributed by atoms with Gasteiger partial charge < -0.3 is 0 Å². The van der Waals surface area contributed by atoms with Crippen molar-refractivity contribution in [3.05, 3.63) is 325 Å². The second-order valence-corrected chi connectivity index (χ2v) is 19.7. The monoisotopic (exact) mass is 962 g/mol. The molecule has 0 atom stereocenters. The van der Waals surface area contributed by atoms with Gasteiger partial charge in [-0.05, 0) is 167 Å². The van der Waals surface area contributed by atoms with E-state index >= 15 is 0 Å². The second kappa shape index (κ2) is 23.8. The van der Waals surface area contributed by atoms with Crippen molar-refractivity contribution in [3.63, 3.8) is 0 Å². The molecule has 3 aliphatic rings. The Morgan fingerprint density at radius 3 is 0.787 bits per heavy atom. The minimum Gasteiger partial charge on any atom is -0.0620 e. The molecule has 3 aliphatic carbocycles. The Bertz CT molecular complexity index is 3650. The van der Waals surface area contributed by atoms with Crippen LogP contribution in [0.5, 0.6) is 0 Å². The Morgan fingerprint density at radius 2 is 0.427 bits per heavy atom. The van der Waals surface area contributed by atoms with E-state index in [0.29, 0.717) is 0 Å². The molecule has 13 aromatic carbocycles. The minimum atomic E-state index is 1.10. The molecule has 0 spiro atoms. The van der Waals surface area contributed by atoms with Gasteiger partial charge in [0.05, 0.1) is 0 Å². The highest BCUT2D eigenvalue weighted by Crippen LogP contribution is 2.36. The van der Waals surface area contributed by atoms with E-state index in [1.165, 1.54) is 137 Å². The third-order valence-corrected chi connectivity index (χ3v) is 14.9. The first-order chi connectivity index (χ1) is 37.2. The van der Waals surface area contributed by atoms with E-state index < -0.39 is 0 Å². The van der Waals surface area contributed by atoms with E-state index in [-0.39, 0.29) is 0 Å². The quantitative estimate of drug-likeness (QED) is 0.105. The highest BCUT2D eigenvalue weighted by atomic mass is 14.2. The van der Waals surface area contributed by atoms with Crippen LogP contribution < -0.4 is 0 Å². The largest absolute Gasteiger partial charge is 0.0620 e. The zero-order chi connectivity index (χ0) is 50.4. The van der Waals surface area contributed by atoms with Gasteiger partial charge in [-0.15, -0.1) is 0 Å². The molecule has 0 unspecified atom stereocenters. The molecule has 13 aromatic rings. The standard InChI is InChI=1S/C14H12.2C14H10.C13H10.C10H12.C10H8/c2*1-3-7-13-11(5-1)9-10-12-6-2-4-8-14(12)13;1-2-6-12-10-14-8-4-3-7-13(14)9-11(12)5-1;1-3-7-12-10(5-1)9-11-6-2-4-8-13(11)12;2*1-2-6-10-8-4-3-7-9(10)5-1/h1-8H,9-10H2;2*1-10H;1-8H,9H2;1-2,5-6H,3-4,7-8H2;1-8H. The second-order valence-electron chi connectivity index (χ2n) is 19.7. The maximum absolute atomic E-state index is 2.26. The zero-order valence-electron chi connectivity index (χ0n) is 42.7. The summed E-state index contributed by atoms with van der Waals surface area (Å²) < 4.78 is 0. The first-order valence-electron chi connectivity index (χ1n) is 26.8. The lowest BCUT2D eigenvalue weighted by Crippen LogP contribution is -2.02. The fourth-order valence-corrected chi connectivity index (χ4v) is 11.0. The Balaban J connectivity index is 0.0000000968. The summed E-state index contributed by atoms with van der Waals surface area (Å²) in [5, 5.41) is 13.2. The number of benzene rings is 13. The predicted molar refractivity (Wildman–Crippen MR) is 324 cm³/mol. The van der Waals surface area contributed by atoms with Gasteiger partial charge in [-0.1, -0.05) is 279 Å². The van der Waals surface area contributed by atoms with Crippen molar-refractivity contribution in [1.29, 1.82) is 0 Å². The Hall–Kier alpha value is -8.84. The van der Waals surface area contributed by atoms with Gasteiger partial charge in [0.2, 0.25) is 0 Å². The van der Waals surface area contributed by atoms with Gasteiger partial charge in [-0.3, -0.25) is 0 Å². The van der Waals surface area contributed by atoms with Crippen LogP contribution in [0.15, 0.2) is 291 Å². The topological polar surface area (TPSA) is 0 Å². The van der Waals surface area contributed by atoms with E-state index in [9.17, 15) is 0 Å². The van der Waals surface area contributed by atoms with Crippen LogP contribution in [-0.4, -0.2) is 0 Å². The van der Waals surface area contributed by atoms with Crippen molar-refractivity contribution in [2.24, 2.45) is 0 Å². The molecule has 0 heteroatoms. The molecule has 75 heavy (non-hydrogen) atoms. The normalized spacial score (nSPS) is 12.2. The SMILES string of the molecule is c1ccc2c(c1)CCCC2.c1ccc2c(c1)CCc1ccccc1-2.c1ccc2c(c1)Cc1ccccc1-2.c1ccc2c(c1)ccc1ccccc12.c1ccc2cc3ccccc3cc2c1.c1ccc2ccccc2c1. The Labute approximate surface area is 443 Å². The van der Waals surface area contributed by atoms with Crippen molar-refractivity contribution < 1.29 is 0 Å². The van der Waals surface area contributed by atoms with Gasteiger partial charge in [0.15, 0.2) is 0 Å². The molecular weight excluding hydrogens is 901 g/mol. The molecule has 0 heterocycles. The van der Waals surface area contributed by atoms with Crippen molar-refractivity contribution in [3.8, 4) is 22.3 Å². The summed E-state index contributed by atoms with van der Waals surface area (Å²) in [6.07, 6.45) is 8.85. The fourth-order valence-electron chi connectivity index (χ4n) is 11.0. The van der Waals surface area contributed by atoms with Crippen LogP contribution in [-0.2, 0) is 32.1 Å². The van der Waals surface area contributed by atoms with E-state index in [0.717, 1.165) is 6.42 Å². The third kappa shape index (κ3) is 11.7. The molecule has 0 radical (unpaired) electrons. The van der Waals surface area contributed by atoms with Crippen LogP contribution in [0, 0.1) is 0 Å². The summed E-state index contributed by atoms with van der Waals surface area (Å²) in [6, 6.07) is 103. The minimum absolute atomic E-state index is 1.10. The highest BCUT2D eigenvalue weighted by Gasteiger charge is 2.16. The molecular formula is C75H62. The third-order valence-electron chi connectivity index (χ3n) is 14.9. The molecule has 16 rings (SSSR count). The summed E-state index contributed by atoms with van der Waals surface area (Å²) in [5.74, 6) is 0. The maximum Gasteiger partial charge on any atom is -0.00135 e. The van der Waals surface area contributed by atoms with E-state index in [2.05, 4.69) is 291 Å². The average molecular weight is 963 g/mol. The molecule has 0 saturated carbocycles. The maximum atomic E-state index is 2.26. The molecule has 0 aromatic heterocycles. The van der Waals surface area contributed by atoms with Crippen LogP contribution in [0.1, 0.15) is 46.2 Å². The lowest BCUT2D eigenvalue weighted by atomic mass is 9.86. The summed E-state index contributed by atoms with van der Waals surface area (Å²) in [4.78, 5) is 0. The molecule has 0 nitrogen and oxygen atoms in total. The van der Waals surface area contributed by atoms with Crippen LogP contribution in [0.4, 0.5) is 0 Å². The van der Waals surface area contributed by atoms with Crippen molar-refractivity contribution in [2.45, 2.75) is 44.9 Å². The van der Waals surface area contributed by atoms with Gasteiger partial charge in [0, 0.05) is 0 Å². The molecule has 0 saturated heterocycles. The van der Waals surface area contributed by atoms with Gasteiger partial charge >= 0.3 is 0 Å². The molecule has 0 amide bonds. The van der Waals surface area contributed by atoms with Gasteiger partial charge in [0.1, 0.15) is 0 Å². The van der Waals surface area contributed by atoms with Crippen LogP contribution >= 0.6 is 0 Å². The van der Waals surface area contributed by atoms with Gasteiger partial charge in [-0.25, -0.2) is 0 Å². The number of rotatable bonds is 0. The number of hydrogen-bond donors (Lipinski definition) is 0. The van der Waals surface area contributed by atoms with Gasteiger partial charge in [-0.2, -0.15) is 0 Å². The first kappa shape index (κ1) is 48.4. The van der Waals surface area contributed by atoms with Crippen molar-refractivity contribution in [1.82, 2.24) is 0 Å². The molecule has 0 N–H and O–H groups in total. The number of fused-ring (bicyclic) bond motifs is 13. The number of hydrogen-bond acceptors (Lipinski definition) is 0. The summed E-state index contributed by atoms with van der Waals surface area (Å²) in [5.41, 5.74) is 14.7. The molecule has 0 bridgehead atoms. The molecule has 362 valence electrons. The Kier molecular flexibility index (Phi) is 15.4. The zero-order valence-corrected chi connectivity index (χ0v) is 42.7. The van der Waals surface area contributed by atoms with Gasteiger partial charge in [0.25, 0.3) is 0 Å². The molecule has 0 aliphatic heterocycles. The average Bonchev–Trinajstić information content (AvgIpc) is 3.88. The lowest BCUT2D eigenvalue weighted by molar-refractivity contribution is 0.685. The number of aryl methyl sites for hydroxylation is 4. The Morgan fingerprint density at radius 1 is 0.173 bits per heavy atom. The van der Waals surface area contributed by atoms with Crippen LogP contribution in [0.25, 0.3) is 76.1 Å². The lowest BCUT2D eigenvalue weighted by Gasteiger charge is -2.19. The summed E-state index contributed by atoms with van der Waals surface area (Å²) in [7, 11) is 0. The van der Waals surface area contributed by atoms with E-state index in [4.69, 9.17) is 0 Å². The summed E-state index contributed by atoms with van der Waals surface area (Å²) in [6.45, 7) is 0. The summed E-state index contributed by atoms with van der Waals surface area (Å²) >= 11 is 0. The van der Waals surface area contributed by atoms with E-state index in [1.54, 1.807) is 11.1 Å².